The molecule has 0 radical (unpaired) electrons. The van der Waals surface area contributed by atoms with Gasteiger partial charge in [-0.1, -0.05) is 12.1 Å². The number of halogens is 2. The lowest BCUT2D eigenvalue weighted by atomic mass is 10.0. The Morgan fingerprint density at radius 1 is 0.917 bits per heavy atom. The average Bonchev–Trinajstić information content (AvgIpc) is 2.90. The first kappa shape index (κ1) is 24.5. The largest absolute Gasteiger partial charge is 0.494 e. The summed E-state index contributed by atoms with van der Waals surface area (Å²) in [4.78, 5) is 36.6. The summed E-state index contributed by atoms with van der Waals surface area (Å²) in [6, 6.07) is 15.9. The first-order valence-electron chi connectivity index (χ1n) is 11.1. The van der Waals surface area contributed by atoms with E-state index in [9.17, 15) is 18.4 Å². The second kappa shape index (κ2) is 11.2. The molecule has 4 aromatic rings. The normalized spacial score (nSPS) is 11.4. The summed E-state index contributed by atoms with van der Waals surface area (Å²) in [6.07, 6.45) is 4.07. The van der Waals surface area contributed by atoms with Crippen molar-refractivity contribution in [3.8, 4) is 5.75 Å². The lowest BCUT2D eigenvalue weighted by Gasteiger charge is -2.31. The van der Waals surface area contributed by atoms with Gasteiger partial charge in [0.2, 0.25) is 0 Å². The first-order chi connectivity index (χ1) is 17.5. The van der Waals surface area contributed by atoms with Crippen molar-refractivity contribution in [2.75, 3.05) is 16.8 Å². The van der Waals surface area contributed by atoms with Crippen LogP contribution in [0.4, 0.5) is 20.2 Å². The topological polar surface area (TPSA) is 84.4 Å². The van der Waals surface area contributed by atoms with Crippen LogP contribution in [0.5, 0.6) is 5.75 Å². The lowest BCUT2D eigenvalue weighted by Crippen LogP contribution is -2.42. The van der Waals surface area contributed by atoms with E-state index in [1.807, 2.05) is 6.92 Å². The number of anilines is 2. The molecule has 0 fully saturated rings. The molecule has 0 unspecified atom stereocenters. The molecule has 36 heavy (non-hydrogen) atoms. The van der Waals surface area contributed by atoms with Gasteiger partial charge in [-0.25, -0.2) is 13.8 Å². The second-order valence-corrected chi connectivity index (χ2v) is 7.64. The Hall–Kier alpha value is -4.66. The minimum atomic E-state index is -1.20. The number of hydrogen-bond acceptors (Lipinski definition) is 5. The summed E-state index contributed by atoms with van der Waals surface area (Å²) in [6.45, 7) is 2.31. The molecule has 1 heterocycles. The van der Waals surface area contributed by atoms with Gasteiger partial charge in [-0.3, -0.25) is 19.5 Å². The monoisotopic (exact) mass is 488 g/mol. The molecule has 7 nitrogen and oxygen atoms in total. The zero-order valence-electron chi connectivity index (χ0n) is 19.3. The zero-order valence-corrected chi connectivity index (χ0v) is 19.3. The molecular weight excluding hydrogens is 466 g/mol. The summed E-state index contributed by atoms with van der Waals surface area (Å²) in [7, 11) is 0. The summed E-state index contributed by atoms with van der Waals surface area (Å²) in [5.74, 6) is -1.57. The van der Waals surface area contributed by atoms with Crippen molar-refractivity contribution in [1.82, 2.24) is 9.97 Å². The molecule has 0 spiro atoms. The van der Waals surface area contributed by atoms with Gasteiger partial charge in [-0.2, -0.15) is 0 Å². The maximum absolute atomic E-state index is 13.7. The third kappa shape index (κ3) is 5.69. The Balaban J connectivity index is 1.82. The Bertz CT molecular complexity index is 1320. The molecule has 2 amide bonds. The number of nitrogens with one attached hydrogen (secondary N) is 1. The Morgan fingerprint density at radius 3 is 2.14 bits per heavy atom. The van der Waals surface area contributed by atoms with Crippen molar-refractivity contribution in [3.63, 3.8) is 0 Å². The average molecular weight is 488 g/mol. The molecule has 0 aliphatic rings. The van der Waals surface area contributed by atoms with E-state index in [4.69, 9.17) is 4.74 Å². The molecule has 4 rings (SSSR count). The van der Waals surface area contributed by atoms with Crippen LogP contribution in [0.15, 0.2) is 91.4 Å². The molecule has 182 valence electrons. The first-order valence-corrected chi connectivity index (χ1v) is 11.1. The number of carbonyl (C=O) groups excluding carboxylic acids is 2. The van der Waals surface area contributed by atoms with Crippen molar-refractivity contribution in [2.24, 2.45) is 0 Å². The van der Waals surface area contributed by atoms with Gasteiger partial charge in [-0.05, 0) is 73.2 Å². The molecule has 1 aromatic heterocycles. The molecule has 1 atom stereocenters. The van der Waals surface area contributed by atoms with E-state index >= 15 is 0 Å². The van der Waals surface area contributed by atoms with Crippen LogP contribution in [0.2, 0.25) is 0 Å². The fourth-order valence-corrected chi connectivity index (χ4v) is 3.59. The van der Waals surface area contributed by atoms with Crippen LogP contribution < -0.4 is 15.0 Å². The highest BCUT2D eigenvalue weighted by Crippen LogP contribution is 2.31. The van der Waals surface area contributed by atoms with Gasteiger partial charge in [0.1, 0.15) is 29.1 Å². The summed E-state index contributed by atoms with van der Waals surface area (Å²) >= 11 is 0. The third-order valence-electron chi connectivity index (χ3n) is 5.23. The summed E-state index contributed by atoms with van der Waals surface area (Å²) < 4.78 is 32.7. The Labute approximate surface area is 206 Å². The lowest BCUT2D eigenvalue weighted by molar-refractivity contribution is -0.117. The number of amides is 2. The smallest absolute Gasteiger partial charge is 0.279 e. The summed E-state index contributed by atoms with van der Waals surface area (Å²) in [5, 5.41) is 2.73. The minimum absolute atomic E-state index is 0.00709. The predicted octanol–water partition coefficient (Wildman–Crippen LogP) is 5.18. The van der Waals surface area contributed by atoms with Crippen molar-refractivity contribution < 1.29 is 23.1 Å². The van der Waals surface area contributed by atoms with Crippen molar-refractivity contribution in [3.05, 3.63) is 114 Å². The molecule has 0 aliphatic heterocycles. The van der Waals surface area contributed by atoms with Crippen molar-refractivity contribution in [2.45, 2.75) is 13.0 Å². The van der Waals surface area contributed by atoms with E-state index < -0.39 is 29.5 Å². The molecule has 0 saturated carbocycles. The van der Waals surface area contributed by atoms with Crippen molar-refractivity contribution in [1.29, 1.82) is 0 Å². The van der Waals surface area contributed by atoms with E-state index in [1.54, 1.807) is 24.3 Å². The van der Waals surface area contributed by atoms with Gasteiger partial charge >= 0.3 is 0 Å². The number of hydrogen-bond donors (Lipinski definition) is 1. The Kier molecular flexibility index (Phi) is 7.60. The number of benzene rings is 3. The number of carbonyl (C=O) groups is 2. The fourth-order valence-electron chi connectivity index (χ4n) is 3.59. The van der Waals surface area contributed by atoms with Crippen molar-refractivity contribution >= 4 is 23.2 Å². The standard InChI is InChI=1S/C27H22F2N4O3/c1-2-36-23-13-3-18(4-14-23)25(26(34)32-21-9-5-19(28)6-10-21)33(22-11-7-20(29)8-12-22)27(35)24-17-30-15-16-31-24/h3-17,25H,2H2,1H3,(H,32,34)/t25-/m0/s1. The molecule has 9 heteroatoms. The van der Waals surface area contributed by atoms with Crippen LogP contribution in [0.3, 0.4) is 0 Å². The van der Waals surface area contributed by atoms with E-state index in [1.165, 1.54) is 72.0 Å². The SMILES string of the molecule is CCOc1ccc([C@@H](C(=O)Nc2ccc(F)cc2)N(C(=O)c2cnccn2)c2ccc(F)cc2)cc1. The summed E-state index contributed by atoms with van der Waals surface area (Å²) in [5.41, 5.74) is 1.05. The quantitative estimate of drug-likeness (QED) is 0.370. The molecule has 0 saturated heterocycles. The van der Waals surface area contributed by atoms with E-state index in [0.717, 1.165) is 0 Å². The van der Waals surface area contributed by atoms with E-state index in [2.05, 4.69) is 15.3 Å². The molecule has 0 aliphatic carbocycles. The maximum atomic E-state index is 13.7. The fraction of sp³-hybridized carbons (Fsp3) is 0.111. The van der Waals surface area contributed by atoms with Gasteiger partial charge < -0.3 is 10.1 Å². The zero-order chi connectivity index (χ0) is 25.5. The number of rotatable bonds is 8. The maximum Gasteiger partial charge on any atom is 0.279 e. The van der Waals surface area contributed by atoms with Crippen LogP contribution >= 0.6 is 0 Å². The van der Waals surface area contributed by atoms with Gasteiger partial charge in [0.15, 0.2) is 0 Å². The van der Waals surface area contributed by atoms with E-state index in [0.29, 0.717) is 23.6 Å². The minimum Gasteiger partial charge on any atom is -0.494 e. The van der Waals surface area contributed by atoms with Gasteiger partial charge in [-0.15, -0.1) is 0 Å². The third-order valence-corrected chi connectivity index (χ3v) is 5.23. The molecular formula is C27H22F2N4O3. The van der Waals surface area contributed by atoms with Gasteiger partial charge in [0, 0.05) is 23.8 Å². The second-order valence-electron chi connectivity index (χ2n) is 7.64. The van der Waals surface area contributed by atoms with Crippen LogP contribution in [-0.2, 0) is 4.79 Å². The Morgan fingerprint density at radius 2 is 1.56 bits per heavy atom. The highest BCUT2D eigenvalue weighted by atomic mass is 19.1. The number of aromatic nitrogens is 2. The van der Waals surface area contributed by atoms with Crippen LogP contribution in [0.1, 0.15) is 29.0 Å². The molecule has 0 bridgehead atoms. The predicted molar refractivity (Wildman–Crippen MR) is 131 cm³/mol. The van der Waals surface area contributed by atoms with Crippen LogP contribution in [0, 0.1) is 11.6 Å². The highest BCUT2D eigenvalue weighted by molar-refractivity contribution is 6.11. The van der Waals surface area contributed by atoms with Crippen LogP contribution in [0.25, 0.3) is 0 Å². The number of ether oxygens (including phenoxy) is 1. The van der Waals surface area contributed by atoms with E-state index in [-0.39, 0.29) is 11.4 Å². The highest BCUT2D eigenvalue weighted by Gasteiger charge is 2.34. The molecule has 3 aromatic carbocycles. The molecule has 1 N–H and O–H groups in total. The van der Waals surface area contributed by atoms with Gasteiger partial charge in [0.25, 0.3) is 11.8 Å². The number of nitrogens with zero attached hydrogens (tertiary/aromatic N) is 3. The van der Waals surface area contributed by atoms with Crippen LogP contribution in [-0.4, -0.2) is 28.4 Å². The van der Waals surface area contributed by atoms with Gasteiger partial charge in [0.05, 0.1) is 12.8 Å².